The predicted molar refractivity (Wildman–Crippen MR) is 70.0 cm³/mol. The smallest absolute Gasteiger partial charge is 0.354 e. The van der Waals surface area contributed by atoms with Crippen molar-refractivity contribution in [1.29, 1.82) is 0 Å². The van der Waals surface area contributed by atoms with Gasteiger partial charge in [0, 0.05) is 11.1 Å². The predicted octanol–water partition coefficient (Wildman–Crippen LogP) is 2.71. The molecule has 8 heteroatoms. The van der Waals surface area contributed by atoms with Crippen LogP contribution in [0.3, 0.4) is 0 Å². The van der Waals surface area contributed by atoms with Gasteiger partial charge in [-0.15, -0.1) is 0 Å². The van der Waals surface area contributed by atoms with E-state index in [9.17, 15) is 20.0 Å². The highest BCUT2D eigenvalue weighted by atomic mass is 35.5. The lowest BCUT2D eigenvalue weighted by molar-refractivity contribution is -0.385. The number of halogens is 1. The average molecular weight is 295 g/mol. The number of carbonyl (C=O) groups is 1. The molecule has 0 aliphatic heterocycles. The summed E-state index contributed by atoms with van der Waals surface area (Å²) >= 11 is 5.76. The fourth-order valence-corrected chi connectivity index (χ4v) is 1.84. The molecule has 0 radical (unpaired) electrons. The minimum Gasteiger partial charge on any atom is -0.502 e. The summed E-state index contributed by atoms with van der Waals surface area (Å²) in [6.45, 7) is 0. The second-order valence-electron chi connectivity index (χ2n) is 3.79. The van der Waals surface area contributed by atoms with Gasteiger partial charge in [-0.05, 0) is 18.2 Å². The SMILES string of the molecule is O=C(O)c1cccc(-c2cc(Cl)cc([N+](=O)[O-])c2O)n1. The molecule has 0 amide bonds. The van der Waals surface area contributed by atoms with Crippen molar-refractivity contribution in [2.24, 2.45) is 0 Å². The van der Waals surface area contributed by atoms with Crippen molar-refractivity contribution in [1.82, 2.24) is 4.98 Å². The molecule has 1 heterocycles. The lowest BCUT2D eigenvalue weighted by atomic mass is 10.1. The molecule has 0 unspecified atom stereocenters. The molecule has 7 nitrogen and oxygen atoms in total. The van der Waals surface area contributed by atoms with Gasteiger partial charge in [0.2, 0.25) is 5.75 Å². The van der Waals surface area contributed by atoms with Crippen LogP contribution in [0.2, 0.25) is 5.02 Å². The maximum absolute atomic E-state index is 10.9. The molecule has 0 aliphatic carbocycles. The molecule has 102 valence electrons. The molecule has 2 aromatic rings. The average Bonchev–Trinajstić information content (AvgIpc) is 2.40. The van der Waals surface area contributed by atoms with E-state index in [4.69, 9.17) is 16.7 Å². The topological polar surface area (TPSA) is 114 Å². The van der Waals surface area contributed by atoms with Gasteiger partial charge in [0.25, 0.3) is 0 Å². The second kappa shape index (κ2) is 5.14. The molecule has 1 aromatic carbocycles. The van der Waals surface area contributed by atoms with Crippen molar-refractivity contribution in [3.05, 3.63) is 51.2 Å². The van der Waals surface area contributed by atoms with E-state index < -0.39 is 22.3 Å². The van der Waals surface area contributed by atoms with Crippen LogP contribution in [0.25, 0.3) is 11.3 Å². The Morgan fingerprint density at radius 3 is 2.65 bits per heavy atom. The lowest BCUT2D eigenvalue weighted by Crippen LogP contribution is -2.01. The zero-order valence-electron chi connectivity index (χ0n) is 9.78. The summed E-state index contributed by atoms with van der Waals surface area (Å²) in [5.74, 6) is -1.86. The standard InChI is InChI=1S/C12H7ClN2O5/c13-6-4-7(11(16)10(5-6)15(19)20)8-2-1-3-9(14-8)12(17)18/h1-5,16H,(H,17,18). The fourth-order valence-electron chi connectivity index (χ4n) is 1.62. The monoisotopic (exact) mass is 294 g/mol. The van der Waals surface area contributed by atoms with Gasteiger partial charge >= 0.3 is 11.7 Å². The van der Waals surface area contributed by atoms with E-state index in [-0.39, 0.29) is 22.0 Å². The second-order valence-corrected chi connectivity index (χ2v) is 4.23. The number of carboxylic acids is 1. The number of rotatable bonds is 3. The van der Waals surface area contributed by atoms with Crippen LogP contribution < -0.4 is 0 Å². The number of carboxylic acid groups (broad SMARTS) is 1. The highest BCUT2D eigenvalue weighted by molar-refractivity contribution is 6.31. The number of aromatic hydroxyl groups is 1. The zero-order chi connectivity index (χ0) is 14.9. The van der Waals surface area contributed by atoms with Crippen LogP contribution in [-0.4, -0.2) is 26.1 Å². The molecule has 2 N–H and O–H groups in total. The number of aromatic carboxylic acids is 1. The van der Waals surface area contributed by atoms with Crippen LogP contribution in [0.5, 0.6) is 5.75 Å². The van der Waals surface area contributed by atoms with Crippen molar-refractivity contribution in [2.75, 3.05) is 0 Å². The van der Waals surface area contributed by atoms with Gasteiger partial charge in [0.05, 0.1) is 16.2 Å². The number of benzene rings is 1. The third-order valence-corrected chi connectivity index (χ3v) is 2.71. The van der Waals surface area contributed by atoms with E-state index >= 15 is 0 Å². The summed E-state index contributed by atoms with van der Waals surface area (Å²) in [5.41, 5.74) is -0.750. The summed E-state index contributed by atoms with van der Waals surface area (Å²) in [6.07, 6.45) is 0. The fraction of sp³-hybridized carbons (Fsp3) is 0. The van der Waals surface area contributed by atoms with Gasteiger partial charge in [0.1, 0.15) is 5.69 Å². The molecule has 0 atom stereocenters. The third kappa shape index (κ3) is 2.52. The van der Waals surface area contributed by atoms with Crippen molar-refractivity contribution < 1.29 is 19.9 Å². The van der Waals surface area contributed by atoms with E-state index in [0.29, 0.717) is 0 Å². The van der Waals surface area contributed by atoms with Crippen molar-refractivity contribution in [3.63, 3.8) is 0 Å². The van der Waals surface area contributed by atoms with Gasteiger partial charge in [-0.2, -0.15) is 0 Å². The summed E-state index contributed by atoms with van der Waals surface area (Å²) in [4.78, 5) is 24.7. The minimum absolute atomic E-state index is 0.00713. The number of nitrogens with zero attached hydrogens (tertiary/aromatic N) is 2. The number of hydrogen-bond donors (Lipinski definition) is 2. The number of phenolic OH excluding ortho intramolecular Hbond substituents is 1. The minimum atomic E-state index is -1.25. The molecule has 2 rings (SSSR count). The van der Waals surface area contributed by atoms with E-state index in [0.717, 1.165) is 6.07 Å². The molecule has 0 fully saturated rings. The summed E-state index contributed by atoms with van der Waals surface area (Å²) in [7, 11) is 0. The van der Waals surface area contributed by atoms with Crippen molar-refractivity contribution in [2.45, 2.75) is 0 Å². The van der Waals surface area contributed by atoms with E-state index in [2.05, 4.69) is 4.98 Å². The molecule has 0 saturated heterocycles. The first kappa shape index (κ1) is 13.8. The number of nitro groups is 1. The van der Waals surface area contributed by atoms with Crippen LogP contribution in [0, 0.1) is 10.1 Å². The van der Waals surface area contributed by atoms with Gasteiger partial charge in [0.15, 0.2) is 0 Å². The van der Waals surface area contributed by atoms with Gasteiger partial charge in [-0.1, -0.05) is 17.7 Å². The van der Waals surface area contributed by atoms with Crippen LogP contribution in [-0.2, 0) is 0 Å². The number of nitro benzene ring substituents is 1. The number of hydrogen-bond acceptors (Lipinski definition) is 5. The number of aromatic nitrogens is 1. The van der Waals surface area contributed by atoms with Crippen LogP contribution >= 0.6 is 11.6 Å². The summed E-state index contributed by atoms with van der Waals surface area (Å²) in [5, 5.41) is 29.6. The van der Waals surface area contributed by atoms with Crippen molar-refractivity contribution >= 4 is 23.3 Å². The lowest BCUT2D eigenvalue weighted by Gasteiger charge is -2.06. The molecule has 20 heavy (non-hydrogen) atoms. The Bertz CT molecular complexity index is 717. The highest BCUT2D eigenvalue weighted by Crippen LogP contribution is 2.38. The van der Waals surface area contributed by atoms with E-state index in [1.807, 2.05) is 0 Å². The summed E-state index contributed by atoms with van der Waals surface area (Å²) in [6, 6.07) is 6.38. The molecular formula is C12H7ClN2O5. The quantitative estimate of drug-likeness (QED) is 0.664. The third-order valence-electron chi connectivity index (χ3n) is 2.50. The Kier molecular flexibility index (Phi) is 3.53. The Morgan fingerprint density at radius 2 is 2.05 bits per heavy atom. The van der Waals surface area contributed by atoms with Crippen molar-refractivity contribution in [3.8, 4) is 17.0 Å². The maximum atomic E-state index is 10.9. The molecule has 0 aliphatic rings. The molecular weight excluding hydrogens is 288 g/mol. The Balaban J connectivity index is 2.66. The molecule has 1 aromatic heterocycles. The Labute approximate surface area is 117 Å². The van der Waals surface area contributed by atoms with Gasteiger partial charge in [-0.25, -0.2) is 9.78 Å². The first-order valence-electron chi connectivity index (χ1n) is 5.28. The summed E-state index contributed by atoms with van der Waals surface area (Å²) < 4.78 is 0. The normalized spacial score (nSPS) is 10.2. The first-order chi connectivity index (χ1) is 9.40. The largest absolute Gasteiger partial charge is 0.502 e. The van der Waals surface area contributed by atoms with Crippen LogP contribution in [0.4, 0.5) is 5.69 Å². The molecule has 0 spiro atoms. The van der Waals surface area contributed by atoms with Gasteiger partial charge in [-0.3, -0.25) is 10.1 Å². The van der Waals surface area contributed by atoms with E-state index in [1.165, 1.54) is 24.3 Å². The first-order valence-corrected chi connectivity index (χ1v) is 5.65. The number of pyridine rings is 1. The van der Waals surface area contributed by atoms with E-state index in [1.54, 1.807) is 0 Å². The maximum Gasteiger partial charge on any atom is 0.354 e. The Hall–Kier alpha value is -2.67. The van der Waals surface area contributed by atoms with Crippen LogP contribution in [0.15, 0.2) is 30.3 Å². The zero-order valence-corrected chi connectivity index (χ0v) is 10.5. The van der Waals surface area contributed by atoms with Gasteiger partial charge < -0.3 is 10.2 Å². The van der Waals surface area contributed by atoms with Crippen LogP contribution in [0.1, 0.15) is 10.5 Å². The Morgan fingerprint density at radius 1 is 1.35 bits per heavy atom. The molecule has 0 bridgehead atoms. The molecule has 0 saturated carbocycles. The highest BCUT2D eigenvalue weighted by Gasteiger charge is 2.21. The number of phenols is 1.